The van der Waals surface area contributed by atoms with Gasteiger partial charge in [-0.15, -0.1) is 0 Å². The van der Waals surface area contributed by atoms with Gasteiger partial charge in [-0.3, -0.25) is 14.7 Å². The maximum atomic E-state index is 11.9. The number of aromatic nitrogens is 2. The summed E-state index contributed by atoms with van der Waals surface area (Å²) in [5, 5.41) is 11.3. The highest BCUT2D eigenvalue weighted by molar-refractivity contribution is 5.99. The van der Waals surface area contributed by atoms with Crippen molar-refractivity contribution in [2.75, 3.05) is 0 Å². The molecule has 6 heteroatoms. The summed E-state index contributed by atoms with van der Waals surface area (Å²) in [4.78, 5) is 23.4. The van der Waals surface area contributed by atoms with E-state index in [0.29, 0.717) is 11.3 Å². The largest absolute Gasteiger partial charge is 0.302 e. The van der Waals surface area contributed by atoms with Gasteiger partial charge in [0.1, 0.15) is 0 Å². The molecule has 2 aromatic carbocycles. The zero-order chi connectivity index (χ0) is 16.2. The van der Waals surface area contributed by atoms with Crippen molar-refractivity contribution in [3.63, 3.8) is 0 Å². The number of hydrazone groups is 1. The van der Waals surface area contributed by atoms with Crippen molar-refractivity contribution in [2.45, 2.75) is 13.3 Å². The number of aromatic amines is 2. The van der Waals surface area contributed by atoms with Crippen molar-refractivity contribution in [1.29, 1.82) is 0 Å². The van der Waals surface area contributed by atoms with Crippen LogP contribution in [0.2, 0.25) is 0 Å². The molecule has 0 fully saturated rings. The van der Waals surface area contributed by atoms with E-state index in [1.54, 1.807) is 13.1 Å². The molecule has 0 atom stereocenters. The van der Waals surface area contributed by atoms with Crippen LogP contribution in [-0.4, -0.2) is 22.3 Å². The van der Waals surface area contributed by atoms with E-state index >= 15 is 0 Å². The van der Waals surface area contributed by atoms with Crippen molar-refractivity contribution in [1.82, 2.24) is 15.6 Å². The van der Waals surface area contributed by atoms with E-state index in [2.05, 4.69) is 20.7 Å². The number of hydrogen-bond acceptors (Lipinski definition) is 3. The number of carbonyl (C=O) groups excluding carboxylic acids is 1. The molecule has 6 nitrogen and oxygen atoms in total. The first kappa shape index (κ1) is 14.8. The summed E-state index contributed by atoms with van der Waals surface area (Å²) < 4.78 is 0. The lowest BCUT2D eigenvalue weighted by molar-refractivity contribution is -0.120. The third kappa shape index (κ3) is 3.21. The number of nitrogens with one attached hydrogen (secondary N) is 3. The van der Waals surface area contributed by atoms with Gasteiger partial charge in [-0.1, -0.05) is 42.5 Å². The van der Waals surface area contributed by atoms with Crippen molar-refractivity contribution in [3.8, 4) is 0 Å². The van der Waals surface area contributed by atoms with Crippen LogP contribution in [0.25, 0.3) is 10.8 Å². The second-order valence-corrected chi connectivity index (χ2v) is 5.22. The van der Waals surface area contributed by atoms with E-state index in [1.807, 2.05) is 42.5 Å². The normalized spacial score (nSPS) is 11.2. The predicted molar refractivity (Wildman–Crippen MR) is 89.5 cm³/mol. The van der Waals surface area contributed by atoms with Gasteiger partial charge in [-0.2, -0.15) is 5.10 Å². The average molecular weight is 308 g/mol. The molecule has 0 spiro atoms. The third-order valence-corrected chi connectivity index (χ3v) is 3.64. The van der Waals surface area contributed by atoms with Crippen molar-refractivity contribution >= 4 is 22.9 Å². The fourth-order valence-corrected chi connectivity index (χ4v) is 2.42. The Kier molecular flexibility index (Phi) is 4.05. The second-order valence-electron chi connectivity index (χ2n) is 5.22. The van der Waals surface area contributed by atoms with E-state index in [9.17, 15) is 9.59 Å². The van der Waals surface area contributed by atoms with Gasteiger partial charge < -0.3 is 5.10 Å². The molecule has 0 bridgehead atoms. The molecule has 116 valence electrons. The van der Waals surface area contributed by atoms with Crippen LogP contribution in [0.15, 0.2) is 52.4 Å². The Labute approximate surface area is 132 Å². The molecule has 0 unspecified atom stereocenters. The molecular formula is C17H16N4O2. The molecule has 0 saturated heterocycles. The third-order valence-electron chi connectivity index (χ3n) is 3.64. The molecule has 3 rings (SSSR count). The molecule has 3 N–H and O–H groups in total. The highest BCUT2D eigenvalue weighted by Gasteiger charge is 2.10. The fraction of sp³-hybridized carbons (Fsp3) is 0.118. The van der Waals surface area contributed by atoms with Crippen LogP contribution in [0.3, 0.4) is 0 Å². The summed E-state index contributed by atoms with van der Waals surface area (Å²) in [7, 11) is 0. The molecular weight excluding hydrogens is 292 g/mol. The monoisotopic (exact) mass is 308 g/mol. The first-order valence-corrected chi connectivity index (χ1v) is 7.21. The molecule has 0 saturated carbocycles. The lowest BCUT2D eigenvalue weighted by Gasteiger charge is -2.02. The smallest absolute Gasteiger partial charge is 0.267 e. The minimum atomic E-state index is -0.338. The van der Waals surface area contributed by atoms with Crippen LogP contribution >= 0.6 is 0 Å². The van der Waals surface area contributed by atoms with E-state index in [0.717, 1.165) is 16.3 Å². The van der Waals surface area contributed by atoms with Crippen LogP contribution < -0.4 is 11.0 Å². The maximum Gasteiger partial charge on any atom is 0.267 e. The number of hydrogen-bond donors (Lipinski definition) is 3. The molecule has 23 heavy (non-hydrogen) atoms. The summed E-state index contributed by atoms with van der Waals surface area (Å²) >= 11 is 0. The van der Waals surface area contributed by atoms with Gasteiger partial charge in [0.15, 0.2) is 0 Å². The van der Waals surface area contributed by atoms with Crippen LogP contribution in [0.1, 0.15) is 16.8 Å². The Morgan fingerprint density at radius 1 is 1.17 bits per heavy atom. The molecule has 3 aromatic rings. The number of amides is 1. The Morgan fingerprint density at radius 2 is 1.96 bits per heavy atom. The van der Waals surface area contributed by atoms with Gasteiger partial charge in [-0.25, -0.2) is 5.43 Å². The summed E-state index contributed by atoms with van der Waals surface area (Å²) in [5.74, 6) is -0.338. The number of benzene rings is 2. The van der Waals surface area contributed by atoms with E-state index in [-0.39, 0.29) is 17.9 Å². The van der Waals surface area contributed by atoms with Crippen molar-refractivity contribution < 1.29 is 4.79 Å². The Morgan fingerprint density at radius 3 is 2.74 bits per heavy atom. The maximum absolute atomic E-state index is 11.9. The SMILES string of the molecule is Cc1[nH][nH]c(=O)c1CC(=O)N/N=C/c1cccc2ccccc12. The lowest BCUT2D eigenvalue weighted by Crippen LogP contribution is -2.23. The molecule has 1 heterocycles. The number of H-pyrrole nitrogens is 2. The second kappa shape index (κ2) is 6.31. The Balaban J connectivity index is 1.71. The summed E-state index contributed by atoms with van der Waals surface area (Å²) in [6.07, 6.45) is 1.59. The van der Waals surface area contributed by atoms with Gasteiger partial charge >= 0.3 is 0 Å². The molecule has 1 aromatic heterocycles. The van der Waals surface area contributed by atoms with Crippen molar-refractivity contribution in [3.05, 3.63) is 69.6 Å². The number of aryl methyl sites for hydroxylation is 1. The number of fused-ring (bicyclic) bond motifs is 1. The van der Waals surface area contributed by atoms with E-state index < -0.39 is 0 Å². The predicted octanol–water partition coefficient (Wildman–Crippen LogP) is 1.86. The van der Waals surface area contributed by atoms with Crippen LogP contribution in [-0.2, 0) is 11.2 Å². The average Bonchev–Trinajstić information content (AvgIpc) is 2.87. The highest BCUT2D eigenvalue weighted by Crippen LogP contribution is 2.16. The summed E-state index contributed by atoms with van der Waals surface area (Å²) in [5.41, 5.74) is 4.16. The lowest BCUT2D eigenvalue weighted by atomic mass is 10.1. The van der Waals surface area contributed by atoms with Gasteiger partial charge in [0.2, 0.25) is 5.91 Å². The minimum Gasteiger partial charge on any atom is -0.302 e. The van der Waals surface area contributed by atoms with Crippen molar-refractivity contribution in [2.24, 2.45) is 5.10 Å². The van der Waals surface area contributed by atoms with Gasteiger partial charge in [0.05, 0.1) is 12.6 Å². The van der Waals surface area contributed by atoms with Crippen LogP contribution in [0.5, 0.6) is 0 Å². The Bertz CT molecular complexity index is 932. The summed E-state index contributed by atoms with van der Waals surface area (Å²) in [6, 6.07) is 13.8. The fourth-order valence-electron chi connectivity index (χ4n) is 2.42. The first-order chi connectivity index (χ1) is 11.1. The van der Waals surface area contributed by atoms with Gasteiger partial charge in [-0.05, 0) is 17.7 Å². The van der Waals surface area contributed by atoms with Crippen LogP contribution in [0.4, 0.5) is 0 Å². The number of nitrogens with zero attached hydrogens (tertiary/aromatic N) is 1. The topological polar surface area (TPSA) is 90.1 Å². The standard InChI is InChI=1S/C17H16N4O2/c1-11-15(17(23)21-19-11)9-16(22)20-18-10-13-7-4-6-12-5-2-3-8-14(12)13/h2-8,10H,9H2,1H3,(H,20,22)(H2,19,21,23)/b18-10+. The number of carbonyl (C=O) groups is 1. The molecule has 0 aliphatic rings. The minimum absolute atomic E-state index is 0.0163. The highest BCUT2D eigenvalue weighted by atomic mass is 16.2. The van der Waals surface area contributed by atoms with Gasteiger partial charge in [0.25, 0.3) is 5.56 Å². The molecule has 0 aliphatic heterocycles. The molecule has 1 amide bonds. The van der Waals surface area contributed by atoms with E-state index in [4.69, 9.17) is 0 Å². The molecule has 0 radical (unpaired) electrons. The summed E-state index contributed by atoms with van der Waals surface area (Å²) in [6.45, 7) is 1.74. The first-order valence-electron chi connectivity index (χ1n) is 7.21. The Hall–Kier alpha value is -3.15. The molecule has 0 aliphatic carbocycles. The zero-order valence-corrected chi connectivity index (χ0v) is 12.6. The number of rotatable bonds is 4. The van der Waals surface area contributed by atoms with Crippen LogP contribution in [0, 0.1) is 6.92 Å². The zero-order valence-electron chi connectivity index (χ0n) is 12.6. The van der Waals surface area contributed by atoms with Gasteiger partial charge in [0, 0.05) is 16.8 Å². The quantitative estimate of drug-likeness (QED) is 0.507. The van der Waals surface area contributed by atoms with E-state index in [1.165, 1.54) is 0 Å².